The van der Waals surface area contributed by atoms with Crippen LogP contribution in [-0.4, -0.2) is 35.0 Å². The number of thiazole rings is 1. The molecule has 2 aliphatic rings. The predicted octanol–water partition coefficient (Wildman–Crippen LogP) is 7.14. The van der Waals surface area contributed by atoms with Crippen LogP contribution >= 0.6 is 11.3 Å². The highest BCUT2D eigenvalue weighted by atomic mass is 32.1. The second-order valence-corrected chi connectivity index (χ2v) is 12.3. The molecule has 2 atom stereocenters. The average Bonchev–Trinajstić information content (AvgIpc) is 3.71. The van der Waals surface area contributed by atoms with E-state index in [2.05, 4.69) is 0 Å². The van der Waals surface area contributed by atoms with E-state index in [1.165, 1.54) is 23.3 Å². The van der Waals surface area contributed by atoms with Gasteiger partial charge in [-0.1, -0.05) is 53.8 Å². The fourth-order valence-corrected chi connectivity index (χ4v) is 6.99. The molecule has 0 bridgehead atoms. The monoisotopic (exact) mass is 618 g/mol. The molecule has 226 valence electrons. The number of aromatic nitrogens is 1. The van der Waals surface area contributed by atoms with Crippen molar-refractivity contribution in [2.45, 2.75) is 39.0 Å². The van der Waals surface area contributed by atoms with Gasteiger partial charge in [-0.2, -0.15) is 0 Å². The third-order valence-electron chi connectivity index (χ3n) is 8.09. The number of hydrogen-bond donors (Lipinski definition) is 1. The molecule has 1 saturated heterocycles. The second-order valence-electron chi connectivity index (χ2n) is 11.3. The average molecular weight is 619 g/mol. The lowest BCUT2D eigenvalue weighted by atomic mass is 9.94. The minimum atomic E-state index is -0.966. The van der Waals surface area contributed by atoms with Crippen molar-refractivity contribution in [1.82, 2.24) is 4.98 Å². The zero-order chi connectivity index (χ0) is 31.2. The quantitative estimate of drug-likeness (QED) is 0.118. The number of hydrogen-bond acceptors (Lipinski definition) is 8. The second kappa shape index (κ2) is 11.4. The molecule has 1 fully saturated rings. The number of benzene rings is 4. The summed E-state index contributed by atoms with van der Waals surface area (Å²) in [4.78, 5) is 33.7. The van der Waals surface area contributed by atoms with Crippen LogP contribution in [0, 0.1) is 6.92 Å². The molecular weight excluding hydrogens is 588 g/mol. The number of fused-ring (bicyclic) bond motifs is 2. The molecule has 3 heterocycles. The van der Waals surface area contributed by atoms with Crippen molar-refractivity contribution in [2.24, 2.45) is 0 Å². The minimum Gasteiger partial charge on any atom is -0.507 e. The van der Waals surface area contributed by atoms with Crippen molar-refractivity contribution in [3.8, 4) is 17.2 Å². The van der Waals surface area contributed by atoms with Crippen LogP contribution in [-0.2, 0) is 22.6 Å². The Balaban J connectivity index is 1.35. The van der Waals surface area contributed by atoms with Crippen LogP contribution in [0.1, 0.15) is 40.8 Å². The van der Waals surface area contributed by atoms with Crippen LogP contribution in [0.15, 0.2) is 90.5 Å². The molecule has 9 heteroatoms. The molecule has 45 heavy (non-hydrogen) atoms. The topological polar surface area (TPSA) is 98.2 Å². The van der Waals surface area contributed by atoms with Gasteiger partial charge in [-0.05, 0) is 78.6 Å². The van der Waals surface area contributed by atoms with Gasteiger partial charge in [-0.3, -0.25) is 14.5 Å². The summed E-state index contributed by atoms with van der Waals surface area (Å²) in [5.41, 5.74) is 4.68. The minimum absolute atomic E-state index is 0.0146. The first kappa shape index (κ1) is 28.6. The third-order valence-corrected chi connectivity index (χ3v) is 9.11. The number of aliphatic hydroxyl groups excluding tert-OH is 1. The molecule has 1 aromatic heterocycles. The highest BCUT2D eigenvalue weighted by Gasteiger charge is 2.48. The maximum atomic E-state index is 13.8. The summed E-state index contributed by atoms with van der Waals surface area (Å²) >= 11 is 1.32. The Bertz CT molecular complexity index is 2000. The van der Waals surface area contributed by atoms with Gasteiger partial charge >= 0.3 is 5.91 Å². The highest BCUT2D eigenvalue weighted by molar-refractivity contribution is 7.22. The Morgan fingerprint density at radius 2 is 1.84 bits per heavy atom. The molecule has 0 radical (unpaired) electrons. The van der Waals surface area contributed by atoms with E-state index in [1.807, 2.05) is 68.4 Å². The number of rotatable bonds is 7. The van der Waals surface area contributed by atoms with Crippen LogP contribution in [0.3, 0.4) is 0 Å². The van der Waals surface area contributed by atoms with E-state index in [4.69, 9.17) is 19.2 Å². The highest BCUT2D eigenvalue weighted by Crippen LogP contribution is 2.46. The van der Waals surface area contributed by atoms with Gasteiger partial charge in [0.05, 0.1) is 28.9 Å². The van der Waals surface area contributed by atoms with E-state index >= 15 is 0 Å². The molecule has 4 aromatic carbocycles. The van der Waals surface area contributed by atoms with Gasteiger partial charge in [-0.15, -0.1) is 0 Å². The number of carbonyl (C=O) groups excluding carboxylic acids is 2. The van der Waals surface area contributed by atoms with Gasteiger partial charge in [-0.25, -0.2) is 4.98 Å². The normalized spacial score (nSPS) is 18.7. The zero-order valence-electron chi connectivity index (χ0n) is 24.9. The summed E-state index contributed by atoms with van der Waals surface area (Å²) in [5, 5.41) is 12.1. The Kier molecular flexibility index (Phi) is 7.25. The van der Waals surface area contributed by atoms with Gasteiger partial charge in [0, 0.05) is 12.0 Å². The maximum absolute atomic E-state index is 13.8. The summed E-state index contributed by atoms with van der Waals surface area (Å²) in [6, 6.07) is 25.3. The van der Waals surface area contributed by atoms with Crippen molar-refractivity contribution in [3.63, 3.8) is 0 Å². The fourth-order valence-electron chi connectivity index (χ4n) is 5.90. The van der Waals surface area contributed by atoms with E-state index in [1.54, 1.807) is 30.3 Å². The van der Waals surface area contributed by atoms with Crippen molar-refractivity contribution >= 4 is 44.1 Å². The molecular formula is C36H30N2O6S. The van der Waals surface area contributed by atoms with Crippen LogP contribution in [0.5, 0.6) is 17.2 Å². The van der Waals surface area contributed by atoms with Crippen LogP contribution in [0.25, 0.3) is 16.0 Å². The summed E-state index contributed by atoms with van der Waals surface area (Å²) in [7, 11) is 1.54. The molecule has 0 saturated carbocycles. The molecule has 2 aliphatic heterocycles. The van der Waals surface area contributed by atoms with Crippen molar-refractivity contribution in [3.05, 3.63) is 118 Å². The van der Waals surface area contributed by atoms with Crippen LogP contribution in [0.2, 0.25) is 0 Å². The number of Topliss-reactive ketones (excluding diaryl/α,β-unsaturated/α-hetero) is 1. The van der Waals surface area contributed by atoms with Gasteiger partial charge in [0.1, 0.15) is 24.2 Å². The smallest absolute Gasteiger partial charge is 0.301 e. The first-order valence-electron chi connectivity index (χ1n) is 14.6. The van der Waals surface area contributed by atoms with E-state index in [0.717, 1.165) is 32.7 Å². The summed E-state index contributed by atoms with van der Waals surface area (Å²) in [5.74, 6) is -0.136. The fraction of sp³-hybridized carbons (Fsp3) is 0.194. The van der Waals surface area contributed by atoms with Crippen LogP contribution in [0.4, 0.5) is 5.13 Å². The molecule has 1 N–H and O–H groups in total. The summed E-state index contributed by atoms with van der Waals surface area (Å²) in [6.07, 6.45) is 0.696. The van der Waals surface area contributed by atoms with E-state index in [9.17, 15) is 14.7 Å². The molecule has 8 nitrogen and oxygen atoms in total. The van der Waals surface area contributed by atoms with Crippen molar-refractivity contribution in [1.29, 1.82) is 0 Å². The van der Waals surface area contributed by atoms with E-state index in [-0.39, 0.29) is 17.4 Å². The van der Waals surface area contributed by atoms with E-state index in [0.29, 0.717) is 40.8 Å². The van der Waals surface area contributed by atoms with Gasteiger partial charge < -0.3 is 19.3 Å². The summed E-state index contributed by atoms with van der Waals surface area (Å²) in [6.45, 7) is 4.30. The van der Waals surface area contributed by atoms with E-state index < -0.39 is 17.7 Å². The number of amides is 1. The Morgan fingerprint density at radius 1 is 1.02 bits per heavy atom. The first-order valence-corrected chi connectivity index (χ1v) is 15.4. The van der Waals surface area contributed by atoms with Gasteiger partial charge in [0.25, 0.3) is 5.78 Å². The SMILES string of the molecule is COc1cc([C@@H]2/C(=C(\O)c3ccc4c(c3)C[C@H](C)O4)C(=O)C(=O)N2c2nc3ccc(C)cc3s2)ccc1OCc1ccccc1. The van der Waals surface area contributed by atoms with Gasteiger partial charge in [0.15, 0.2) is 16.6 Å². The Morgan fingerprint density at radius 3 is 2.64 bits per heavy atom. The molecule has 0 aliphatic carbocycles. The number of carbonyl (C=O) groups is 2. The number of nitrogens with zero attached hydrogens (tertiary/aromatic N) is 2. The molecule has 1 amide bonds. The predicted molar refractivity (Wildman–Crippen MR) is 173 cm³/mol. The molecule has 5 aromatic rings. The van der Waals surface area contributed by atoms with Crippen molar-refractivity contribution < 1.29 is 28.9 Å². The largest absolute Gasteiger partial charge is 0.507 e. The molecule has 7 rings (SSSR count). The Hall–Kier alpha value is -5.15. The lowest BCUT2D eigenvalue weighted by Gasteiger charge is -2.24. The number of anilines is 1. The van der Waals surface area contributed by atoms with Crippen LogP contribution < -0.4 is 19.1 Å². The third kappa shape index (κ3) is 5.19. The number of methoxy groups -OCH3 is 1. The lowest BCUT2D eigenvalue weighted by Crippen LogP contribution is -2.29. The van der Waals surface area contributed by atoms with Crippen molar-refractivity contribution in [2.75, 3.05) is 12.0 Å². The lowest BCUT2D eigenvalue weighted by molar-refractivity contribution is -0.132. The number of ether oxygens (including phenoxy) is 3. The zero-order valence-corrected chi connectivity index (χ0v) is 25.8. The molecule has 0 spiro atoms. The summed E-state index contributed by atoms with van der Waals surface area (Å²) < 4.78 is 18.5. The Labute approximate surface area is 264 Å². The number of aryl methyl sites for hydroxylation is 1. The molecule has 0 unspecified atom stereocenters. The maximum Gasteiger partial charge on any atom is 0.301 e. The number of aliphatic hydroxyl groups is 1. The van der Waals surface area contributed by atoms with Gasteiger partial charge in [0.2, 0.25) is 0 Å². The standard InChI is InChI=1S/C36H30N2O6S/c1-20-9-12-26-30(15-20)45-36(37-26)38-32(23-10-14-28(29(18-23)42-3)43-19-22-7-5-4-6-8-22)31(34(40)35(38)41)33(39)24-11-13-27-25(17-24)16-21(2)44-27/h4-15,17-18,21,32,39H,16,19H2,1-3H3/b33-31+/t21-,32+/m0/s1. The number of ketones is 1. The first-order chi connectivity index (χ1) is 21.8.